The Morgan fingerprint density at radius 1 is 1.24 bits per heavy atom. The maximum Gasteiger partial charge on any atom is 0.228 e. The van der Waals surface area contributed by atoms with Gasteiger partial charge in [0.05, 0.1) is 28.9 Å². The molecule has 0 radical (unpaired) electrons. The van der Waals surface area contributed by atoms with Gasteiger partial charge in [-0.25, -0.2) is 12.8 Å². The maximum absolute atomic E-state index is 14.6. The number of amides is 1. The minimum Gasteiger partial charge on any atom is -0.350 e. The Morgan fingerprint density at radius 2 is 1.92 bits per heavy atom. The Bertz CT molecular complexity index is 924. The van der Waals surface area contributed by atoms with Gasteiger partial charge < -0.3 is 22.1 Å². The van der Waals surface area contributed by atoms with Crippen molar-refractivity contribution < 1.29 is 17.6 Å². The van der Waals surface area contributed by atoms with Gasteiger partial charge in [-0.3, -0.25) is 14.7 Å². The lowest BCUT2D eigenvalue weighted by atomic mass is 9.69. The first kappa shape index (κ1) is 31.4. The van der Waals surface area contributed by atoms with Gasteiger partial charge in [0.1, 0.15) is 6.17 Å². The predicted molar refractivity (Wildman–Crippen MR) is 152 cm³/mol. The average Bonchev–Trinajstić information content (AvgIpc) is 2.85. The van der Waals surface area contributed by atoms with E-state index in [1.165, 1.54) is 12.5 Å². The Kier molecular flexibility index (Phi) is 10.8. The van der Waals surface area contributed by atoms with E-state index < -0.39 is 38.9 Å². The number of rotatable bonds is 9. The Balaban J connectivity index is 1.77. The number of hydrogen-bond acceptors (Lipinski definition) is 8. The van der Waals surface area contributed by atoms with E-state index in [4.69, 9.17) is 11.5 Å². The van der Waals surface area contributed by atoms with Crippen LogP contribution in [-0.4, -0.2) is 93.1 Å². The number of halogens is 1. The molecule has 3 rings (SSSR count). The van der Waals surface area contributed by atoms with Crippen LogP contribution in [0.2, 0.25) is 0 Å². The number of sulfone groups is 1. The van der Waals surface area contributed by atoms with Crippen molar-refractivity contribution in [2.45, 2.75) is 114 Å². The molecule has 6 atom stereocenters. The lowest BCUT2D eigenvalue weighted by Crippen LogP contribution is -2.64. The molecule has 0 aromatic carbocycles. The SMILES string of the molecule is CCCC1(CC)CCC(F)C=NC(C(C(=O)NC2CNCCC2N2CCC(C)(S(C)(=O)=O)CC2)C(N)N)C1. The number of piperidine rings is 2. The van der Waals surface area contributed by atoms with Gasteiger partial charge in [-0.1, -0.05) is 26.7 Å². The van der Waals surface area contributed by atoms with E-state index in [2.05, 4.69) is 34.4 Å². The molecule has 3 aliphatic heterocycles. The van der Waals surface area contributed by atoms with Crippen molar-refractivity contribution in [2.75, 3.05) is 32.4 Å². The fraction of sp³-hybridized carbons (Fsp3) is 0.926. The summed E-state index contributed by atoms with van der Waals surface area (Å²) in [6.07, 6.45) is 7.28. The zero-order valence-electron chi connectivity index (χ0n) is 23.8. The van der Waals surface area contributed by atoms with Crippen LogP contribution in [0.15, 0.2) is 4.99 Å². The maximum atomic E-state index is 14.6. The van der Waals surface area contributed by atoms with Crippen molar-refractivity contribution in [1.82, 2.24) is 15.5 Å². The number of aliphatic imine (C=N–C) groups is 1. The van der Waals surface area contributed by atoms with Gasteiger partial charge >= 0.3 is 0 Å². The summed E-state index contributed by atoms with van der Waals surface area (Å²) in [5, 5.41) is 6.61. The zero-order chi connectivity index (χ0) is 28.1. The second-order valence-corrected chi connectivity index (χ2v) is 14.8. The summed E-state index contributed by atoms with van der Waals surface area (Å²) >= 11 is 0. The molecule has 3 heterocycles. The molecule has 9 nitrogen and oxygen atoms in total. The molecule has 0 aromatic heterocycles. The first-order valence-corrected chi connectivity index (χ1v) is 16.4. The highest BCUT2D eigenvalue weighted by atomic mass is 32.2. The first-order valence-electron chi connectivity index (χ1n) is 14.5. The highest BCUT2D eigenvalue weighted by molar-refractivity contribution is 7.92. The minimum atomic E-state index is -3.15. The van der Waals surface area contributed by atoms with Crippen LogP contribution >= 0.6 is 0 Å². The monoisotopic (exact) mass is 558 g/mol. The normalized spacial score (nSPS) is 33.9. The second-order valence-electron chi connectivity index (χ2n) is 12.3. The molecule has 11 heteroatoms. The van der Waals surface area contributed by atoms with Gasteiger partial charge in [0.2, 0.25) is 5.91 Å². The fourth-order valence-electron chi connectivity index (χ4n) is 6.81. The van der Waals surface area contributed by atoms with Crippen molar-refractivity contribution in [1.29, 1.82) is 0 Å². The Labute approximate surface area is 229 Å². The zero-order valence-corrected chi connectivity index (χ0v) is 24.6. The number of nitrogens with two attached hydrogens (primary N) is 2. The predicted octanol–water partition coefficient (Wildman–Crippen LogP) is 1.75. The highest BCUT2D eigenvalue weighted by Gasteiger charge is 2.44. The van der Waals surface area contributed by atoms with Crippen molar-refractivity contribution in [2.24, 2.45) is 27.8 Å². The summed E-state index contributed by atoms with van der Waals surface area (Å²) in [5.74, 6) is -1.01. The number of carbonyl (C=O) groups excluding carboxylic acids is 1. The van der Waals surface area contributed by atoms with Gasteiger partial charge in [0, 0.05) is 38.1 Å². The molecule has 0 bridgehead atoms. The van der Waals surface area contributed by atoms with E-state index in [9.17, 15) is 17.6 Å². The third kappa shape index (κ3) is 7.33. The average molecular weight is 559 g/mol. The topological polar surface area (TPSA) is 143 Å². The molecule has 2 fully saturated rings. The summed E-state index contributed by atoms with van der Waals surface area (Å²) in [7, 11) is -3.15. The van der Waals surface area contributed by atoms with E-state index in [-0.39, 0.29) is 23.4 Å². The summed E-state index contributed by atoms with van der Waals surface area (Å²) in [6.45, 7) is 8.88. The molecule has 0 aliphatic carbocycles. The van der Waals surface area contributed by atoms with Crippen LogP contribution in [0.4, 0.5) is 4.39 Å². The van der Waals surface area contributed by atoms with Crippen LogP contribution in [-0.2, 0) is 14.6 Å². The quantitative estimate of drug-likeness (QED) is 0.316. The lowest BCUT2D eigenvalue weighted by molar-refractivity contribution is -0.128. The number of carbonyl (C=O) groups is 1. The molecule has 0 spiro atoms. The van der Waals surface area contributed by atoms with Crippen LogP contribution in [0.3, 0.4) is 0 Å². The van der Waals surface area contributed by atoms with Gasteiger partial charge in [-0.15, -0.1) is 0 Å². The van der Waals surface area contributed by atoms with Gasteiger partial charge in [-0.05, 0) is 63.8 Å². The number of nitrogens with one attached hydrogen (secondary N) is 2. The smallest absolute Gasteiger partial charge is 0.228 e. The molecule has 1 amide bonds. The van der Waals surface area contributed by atoms with E-state index >= 15 is 0 Å². The van der Waals surface area contributed by atoms with Crippen LogP contribution in [0.5, 0.6) is 0 Å². The lowest BCUT2D eigenvalue weighted by Gasteiger charge is -2.46. The molecule has 6 N–H and O–H groups in total. The molecule has 38 heavy (non-hydrogen) atoms. The molecule has 2 saturated heterocycles. The van der Waals surface area contributed by atoms with Crippen molar-refractivity contribution in [3.8, 4) is 0 Å². The van der Waals surface area contributed by atoms with Crippen LogP contribution in [0.1, 0.15) is 78.6 Å². The highest BCUT2D eigenvalue weighted by Crippen LogP contribution is 2.42. The third-order valence-electron chi connectivity index (χ3n) is 9.69. The van der Waals surface area contributed by atoms with Gasteiger partial charge in [0.15, 0.2) is 9.84 Å². The first-order chi connectivity index (χ1) is 17.8. The molecule has 3 aliphatic rings. The Morgan fingerprint density at radius 3 is 2.50 bits per heavy atom. The Hall–Kier alpha value is -1.14. The minimum absolute atomic E-state index is 0.0878. The number of nitrogens with zero attached hydrogens (tertiary/aromatic N) is 2. The standard InChI is InChI=1S/C27H51FN6O3S/c1-5-9-27(6-2)10-7-19(28)17-32-20(16-27)23(24(29)30)25(35)33-21-18-31-13-8-22(21)34-14-11-26(3,12-15-34)38(4,36)37/h17,19-24,31H,5-16,18,29-30H2,1-4H3,(H,33,35). The molecular weight excluding hydrogens is 507 g/mol. The van der Waals surface area contributed by atoms with Crippen LogP contribution in [0, 0.1) is 11.3 Å². The van der Waals surface area contributed by atoms with Crippen LogP contribution in [0.25, 0.3) is 0 Å². The number of alkyl halides is 1. The third-order valence-corrected chi connectivity index (χ3v) is 11.9. The molecule has 0 aromatic rings. The van der Waals surface area contributed by atoms with Crippen molar-refractivity contribution in [3.63, 3.8) is 0 Å². The van der Waals surface area contributed by atoms with Crippen LogP contribution < -0.4 is 22.1 Å². The summed E-state index contributed by atoms with van der Waals surface area (Å²) in [6, 6.07) is -0.566. The molecule has 220 valence electrons. The molecule has 6 unspecified atom stereocenters. The summed E-state index contributed by atoms with van der Waals surface area (Å²) in [4.78, 5) is 20.7. The van der Waals surface area contributed by atoms with Crippen molar-refractivity contribution >= 4 is 22.0 Å². The molecular formula is C27H51FN6O3S. The van der Waals surface area contributed by atoms with Gasteiger partial charge in [0.25, 0.3) is 0 Å². The van der Waals surface area contributed by atoms with E-state index in [1.54, 1.807) is 0 Å². The van der Waals surface area contributed by atoms with E-state index in [0.717, 1.165) is 38.6 Å². The van der Waals surface area contributed by atoms with Gasteiger partial charge in [-0.2, -0.15) is 0 Å². The summed E-state index contributed by atoms with van der Waals surface area (Å²) < 4.78 is 38.5. The van der Waals surface area contributed by atoms with E-state index in [1.807, 2.05) is 6.92 Å². The fourth-order valence-corrected chi connectivity index (χ4v) is 7.73. The number of hydrogen-bond donors (Lipinski definition) is 4. The molecule has 0 saturated carbocycles. The van der Waals surface area contributed by atoms with E-state index in [0.29, 0.717) is 45.3 Å². The second kappa shape index (κ2) is 13.0. The summed E-state index contributed by atoms with van der Waals surface area (Å²) in [5.41, 5.74) is 12.3. The van der Waals surface area contributed by atoms with Crippen molar-refractivity contribution in [3.05, 3.63) is 0 Å². The number of likely N-dealkylation sites (tertiary alicyclic amines) is 1. The largest absolute Gasteiger partial charge is 0.350 e.